The zero-order chi connectivity index (χ0) is 29.3. The summed E-state index contributed by atoms with van der Waals surface area (Å²) in [5.41, 5.74) is 0.493. The predicted octanol–water partition coefficient (Wildman–Crippen LogP) is 4.10. The molecule has 0 saturated heterocycles. The summed E-state index contributed by atoms with van der Waals surface area (Å²) < 4.78 is 9.30. The molecule has 206 valence electrons. The smallest absolute Gasteiger partial charge is 0.391 e. The number of fused-ring (bicyclic) bond motifs is 1. The van der Waals surface area contributed by atoms with Gasteiger partial charge in [0.05, 0.1) is 22.3 Å². The zero-order valence-corrected chi connectivity index (χ0v) is 23.4. The molecule has 0 N–H and O–H groups in total. The Morgan fingerprint density at radius 3 is 2.38 bits per heavy atom. The van der Waals surface area contributed by atoms with Gasteiger partial charge in [0.25, 0.3) is 5.56 Å². The lowest BCUT2D eigenvalue weighted by Gasteiger charge is -2.19. The van der Waals surface area contributed by atoms with Crippen LogP contribution in [0.15, 0.2) is 71.3 Å². The highest BCUT2D eigenvalue weighted by molar-refractivity contribution is 6.30. The Morgan fingerprint density at radius 2 is 1.75 bits per heavy atom. The molecule has 0 fully saturated rings. The maximum absolute atomic E-state index is 13.9. The van der Waals surface area contributed by atoms with E-state index in [1.165, 1.54) is 20.2 Å². The Kier molecular flexibility index (Phi) is 7.92. The van der Waals surface area contributed by atoms with Gasteiger partial charge in [-0.15, -0.1) is 13.2 Å². The first-order valence-corrected chi connectivity index (χ1v) is 12.7. The van der Waals surface area contributed by atoms with Crippen molar-refractivity contribution in [3.8, 4) is 11.6 Å². The lowest BCUT2D eigenvalue weighted by Crippen LogP contribution is -2.38. The van der Waals surface area contributed by atoms with Crippen LogP contribution in [0.3, 0.4) is 0 Å². The van der Waals surface area contributed by atoms with Gasteiger partial charge in [0, 0.05) is 37.8 Å². The van der Waals surface area contributed by atoms with Gasteiger partial charge in [-0.3, -0.25) is 14.2 Å². The second-order valence-corrected chi connectivity index (χ2v) is 9.60. The number of hydrogen-bond donors (Lipinski definition) is 0. The Bertz CT molecular complexity index is 1800. The number of aryl methyl sites for hydroxylation is 4. The number of nitrogens with zero attached hydrogens (tertiary/aromatic N) is 5. The molecule has 0 saturated carbocycles. The second-order valence-electron chi connectivity index (χ2n) is 9.16. The Hall–Kier alpha value is -4.70. The monoisotopic (exact) mass is 561 g/mol. The number of amides is 1. The van der Waals surface area contributed by atoms with Gasteiger partial charge in [-0.25, -0.2) is 18.8 Å². The fourth-order valence-corrected chi connectivity index (χ4v) is 4.80. The lowest BCUT2D eigenvalue weighted by atomic mass is 9.96. The van der Waals surface area contributed by atoms with Crippen molar-refractivity contribution in [1.82, 2.24) is 23.8 Å². The number of carbonyl (C=O) groups is 2. The highest BCUT2D eigenvalue weighted by atomic mass is 35.5. The van der Waals surface area contributed by atoms with Gasteiger partial charge in [-0.05, 0) is 49.7 Å². The standard InChI is InChI=1S/C29H28ClN5O5/c1-7-14-34(15-8-2)29(39)40-27-24(18(4)31-33(27)6)25(36)21-12-13-22-23(17(21)3)26(37)35(28(38)32(22)5)20-11-9-10-19(30)16-20/h7-13,16H,1-2,14-15H2,3-6H3. The fourth-order valence-electron chi connectivity index (χ4n) is 4.62. The maximum Gasteiger partial charge on any atom is 0.417 e. The third kappa shape index (κ3) is 4.89. The zero-order valence-electron chi connectivity index (χ0n) is 22.6. The van der Waals surface area contributed by atoms with E-state index in [4.69, 9.17) is 16.3 Å². The molecule has 0 radical (unpaired) electrons. The normalized spacial score (nSPS) is 10.9. The molecule has 2 aromatic carbocycles. The van der Waals surface area contributed by atoms with E-state index in [0.29, 0.717) is 27.5 Å². The van der Waals surface area contributed by atoms with E-state index >= 15 is 0 Å². The highest BCUT2D eigenvalue weighted by Gasteiger charge is 2.28. The molecule has 0 aliphatic rings. The number of rotatable bonds is 8. The third-order valence-corrected chi connectivity index (χ3v) is 6.78. The van der Waals surface area contributed by atoms with Crippen LogP contribution in [0.5, 0.6) is 5.88 Å². The minimum absolute atomic E-state index is 0.0399. The van der Waals surface area contributed by atoms with Crippen molar-refractivity contribution in [2.45, 2.75) is 13.8 Å². The number of ether oxygens (including phenoxy) is 1. The van der Waals surface area contributed by atoms with Gasteiger partial charge in [0.2, 0.25) is 11.7 Å². The number of hydrogen-bond acceptors (Lipinski definition) is 6. The van der Waals surface area contributed by atoms with Crippen molar-refractivity contribution in [1.29, 1.82) is 0 Å². The average molecular weight is 562 g/mol. The molecule has 10 nitrogen and oxygen atoms in total. The quantitative estimate of drug-likeness (QED) is 0.237. The first kappa shape index (κ1) is 28.3. The molecule has 0 bridgehead atoms. The summed E-state index contributed by atoms with van der Waals surface area (Å²) in [6.07, 6.45) is 2.40. The molecular weight excluding hydrogens is 534 g/mol. The Morgan fingerprint density at radius 1 is 1.07 bits per heavy atom. The summed E-state index contributed by atoms with van der Waals surface area (Å²) in [7, 11) is 3.11. The van der Waals surface area contributed by atoms with E-state index in [1.54, 1.807) is 70.4 Å². The number of carbonyl (C=O) groups excluding carboxylic acids is 2. The topological polar surface area (TPSA) is 108 Å². The van der Waals surface area contributed by atoms with Gasteiger partial charge in [-0.2, -0.15) is 5.10 Å². The number of ketones is 1. The molecule has 2 heterocycles. The highest BCUT2D eigenvalue weighted by Crippen LogP contribution is 2.28. The first-order chi connectivity index (χ1) is 19.0. The van der Waals surface area contributed by atoms with Crippen LogP contribution in [-0.2, 0) is 14.1 Å². The van der Waals surface area contributed by atoms with Gasteiger partial charge in [-0.1, -0.05) is 29.8 Å². The first-order valence-electron chi connectivity index (χ1n) is 12.3. The van der Waals surface area contributed by atoms with E-state index in [0.717, 1.165) is 4.57 Å². The van der Waals surface area contributed by atoms with Crippen LogP contribution >= 0.6 is 11.6 Å². The Labute approximate surface area is 235 Å². The number of benzene rings is 2. The van der Waals surface area contributed by atoms with Crippen LogP contribution in [0.1, 0.15) is 27.2 Å². The number of halogens is 1. The van der Waals surface area contributed by atoms with Crippen molar-refractivity contribution in [2.75, 3.05) is 13.1 Å². The van der Waals surface area contributed by atoms with Gasteiger partial charge < -0.3 is 9.64 Å². The molecule has 0 aliphatic heterocycles. The largest absolute Gasteiger partial charge is 0.417 e. The van der Waals surface area contributed by atoms with Crippen LogP contribution in [0.25, 0.3) is 16.6 Å². The van der Waals surface area contributed by atoms with Crippen molar-refractivity contribution >= 4 is 34.4 Å². The van der Waals surface area contributed by atoms with E-state index in [9.17, 15) is 19.2 Å². The maximum atomic E-state index is 13.9. The van der Waals surface area contributed by atoms with E-state index in [2.05, 4.69) is 18.3 Å². The summed E-state index contributed by atoms with van der Waals surface area (Å²) in [5, 5.41) is 4.85. The molecule has 40 heavy (non-hydrogen) atoms. The molecule has 0 aliphatic carbocycles. The van der Waals surface area contributed by atoms with E-state index < -0.39 is 23.1 Å². The van der Waals surface area contributed by atoms with Gasteiger partial charge in [0.15, 0.2) is 0 Å². The fraction of sp³-hybridized carbons (Fsp3) is 0.207. The molecule has 1 amide bonds. The third-order valence-electron chi connectivity index (χ3n) is 6.55. The van der Waals surface area contributed by atoms with E-state index in [1.807, 2.05) is 0 Å². The summed E-state index contributed by atoms with van der Waals surface area (Å²) >= 11 is 6.12. The van der Waals surface area contributed by atoms with Crippen molar-refractivity contribution in [2.24, 2.45) is 14.1 Å². The van der Waals surface area contributed by atoms with Crippen molar-refractivity contribution < 1.29 is 14.3 Å². The molecule has 11 heteroatoms. The number of aromatic nitrogens is 4. The van der Waals surface area contributed by atoms with E-state index in [-0.39, 0.29) is 35.5 Å². The molecule has 0 spiro atoms. The van der Waals surface area contributed by atoms with Crippen LogP contribution in [0, 0.1) is 13.8 Å². The minimum atomic E-state index is -0.702. The summed E-state index contributed by atoms with van der Waals surface area (Å²) in [6.45, 7) is 11.0. The SMILES string of the molecule is C=CCN(CC=C)C(=O)Oc1c(C(=O)c2ccc3c(c2C)c(=O)n(-c2cccc(Cl)c2)c(=O)n3C)c(C)nn1C. The van der Waals surface area contributed by atoms with Crippen molar-refractivity contribution in [3.63, 3.8) is 0 Å². The van der Waals surface area contributed by atoms with Crippen molar-refractivity contribution in [3.05, 3.63) is 110 Å². The van der Waals surface area contributed by atoms with Gasteiger partial charge >= 0.3 is 11.8 Å². The minimum Gasteiger partial charge on any atom is -0.391 e. The van der Waals surface area contributed by atoms with Crippen LogP contribution in [0.4, 0.5) is 4.79 Å². The van der Waals surface area contributed by atoms with Gasteiger partial charge in [0.1, 0.15) is 5.56 Å². The summed E-state index contributed by atoms with van der Waals surface area (Å²) in [5.74, 6) is -0.531. The molecule has 4 rings (SSSR count). The average Bonchev–Trinajstić information content (AvgIpc) is 3.18. The summed E-state index contributed by atoms with van der Waals surface area (Å²) in [6, 6.07) is 9.49. The molecule has 0 atom stereocenters. The molecule has 4 aromatic rings. The van der Waals surface area contributed by atoms with Crippen LogP contribution < -0.4 is 16.0 Å². The second kappa shape index (κ2) is 11.2. The molecular formula is C29H28ClN5O5. The molecule has 2 aromatic heterocycles. The lowest BCUT2D eigenvalue weighted by molar-refractivity contribution is 0.103. The Balaban J connectivity index is 1.88. The molecule has 0 unspecified atom stereocenters. The van der Waals surface area contributed by atoms with Crippen LogP contribution in [0.2, 0.25) is 5.02 Å². The summed E-state index contributed by atoms with van der Waals surface area (Å²) in [4.78, 5) is 55.1. The predicted molar refractivity (Wildman–Crippen MR) is 154 cm³/mol. The van der Waals surface area contributed by atoms with Crippen LogP contribution in [-0.4, -0.2) is 48.8 Å².